The number of hydrogen-bond donors (Lipinski definition) is 4. The maximum atomic E-state index is 12.7. The van der Waals surface area contributed by atoms with E-state index in [9.17, 15) is 28.5 Å². The lowest BCUT2D eigenvalue weighted by Gasteiger charge is -2.41. The molecule has 1 heterocycles. The van der Waals surface area contributed by atoms with Crippen molar-refractivity contribution in [2.45, 2.75) is 166 Å². The molecule has 0 amide bonds. The van der Waals surface area contributed by atoms with Crippen LogP contribution in [-0.4, -0.2) is 97.5 Å². The number of ether oxygens (including phenoxy) is 4. The molecular formula is C39H68O12S. The van der Waals surface area contributed by atoms with Gasteiger partial charge in [-0.3, -0.25) is 9.35 Å². The lowest BCUT2D eigenvalue weighted by molar-refractivity contribution is -0.301. The van der Waals surface area contributed by atoms with Crippen molar-refractivity contribution in [3.8, 4) is 0 Å². The Bertz CT molecular complexity index is 1110. The van der Waals surface area contributed by atoms with Crippen molar-refractivity contribution < 1.29 is 56.2 Å². The highest BCUT2D eigenvalue weighted by molar-refractivity contribution is 7.80. The minimum absolute atomic E-state index is 0.0179. The maximum absolute atomic E-state index is 12.7. The molecule has 1 rings (SSSR count). The highest BCUT2D eigenvalue weighted by Gasteiger charge is 2.48. The molecule has 0 aromatic carbocycles. The zero-order valence-corrected chi connectivity index (χ0v) is 32.4. The first kappa shape index (κ1) is 48.1. The predicted molar refractivity (Wildman–Crippen MR) is 202 cm³/mol. The minimum atomic E-state index is -5.06. The largest absolute Gasteiger partial charge is 0.457 e. The number of esters is 1. The number of rotatable bonds is 32. The van der Waals surface area contributed by atoms with Gasteiger partial charge in [0.15, 0.2) is 6.29 Å². The fourth-order valence-corrected chi connectivity index (χ4v) is 6.00. The summed E-state index contributed by atoms with van der Waals surface area (Å²) in [6.07, 6.45) is 25.9. The van der Waals surface area contributed by atoms with Gasteiger partial charge < -0.3 is 34.3 Å². The van der Waals surface area contributed by atoms with Gasteiger partial charge in [0.1, 0.15) is 30.5 Å². The van der Waals surface area contributed by atoms with Crippen LogP contribution >= 0.6 is 0 Å². The second-order valence-electron chi connectivity index (χ2n) is 13.1. The lowest BCUT2D eigenvalue weighted by atomic mass is 9.99. The summed E-state index contributed by atoms with van der Waals surface area (Å²) in [5.41, 5.74) is 0. The molecule has 0 aromatic rings. The summed E-state index contributed by atoms with van der Waals surface area (Å²) >= 11 is 0. The number of aliphatic hydroxyl groups excluding tert-OH is 3. The molecule has 0 radical (unpaired) electrons. The van der Waals surface area contributed by atoms with Gasteiger partial charge in [-0.05, 0) is 64.2 Å². The predicted octanol–water partition coefficient (Wildman–Crippen LogP) is 6.84. The van der Waals surface area contributed by atoms with Crippen molar-refractivity contribution in [3.05, 3.63) is 48.6 Å². The molecule has 1 aliphatic rings. The average Bonchev–Trinajstić information content (AvgIpc) is 3.11. The summed E-state index contributed by atoms with van der Waals surface area (Å²) in [5, 5.41) is 30.5. The summed E-state index contributed by atoms with van der Waals surface area (Å²) in [4.78, 5) is 12.7. The average molecular weight is 761 g/mol. The summed E-state index contributed by atoms with van der Waals surface area (Å²) in [5.74, 6) is -0.434. The van der Waals surface area contributed by atoms with Gasteiger partial charge in [0.25, 0.3) is 0 Å². The standard InChI is InChI=1S/C39H68O12S/c1-3-5-7-9-11-13-15-17-18-20-22-24-26-28-35(41)49-33(31-47-29-27-25-23-21-19-16-14-12-10-8-6-4-2)32-48-39-37(43)38(51-52(44,45)46)36(42)34(30-40)50-39/h5,7,10-13,17-18,33-34,36-40,42-43H,3-4,6,8-9,14-16,19-32H2,1-2H3,(H,44,45,46)/b7-5-,12-10-,13-11-,18-17-. The fraction of sp³-hybridized carbons (Fsp3) is 0.769. The van der Waals surface area contributed by atoms with Crippen LogP contribution < -0.4 is 0 Å². The molecule has 12 nitrogen and oxygen atoms in total. The van der Waals surface area contributed by atoms with Gasteiger partial charge in [-0.2, -0.15) is 8.42 Å². The van der Waals surface area contributed by atoms with Gasteiger partial charge in [-0.25, -0.2) is 4.18 Å². The molecule has 0 bridgehead atoms. The number of aliphatic hydroxyl groups is 3. The van der Waals surface area contributed by atoms with Gasteiger partial charge in [0.05, 0.1) is 19.8 Å². The van der Waals surface area contributed by atoms with Crippen molar-refractivity contribution in [1.29, 1.82) is 0 Å². The van der Waals surface area contributed by atoms with Crippen molar-refractivity contribution in [2.75, 3.05) is 26.4 Å². The Morgan fingerprint density at radius 3 is 1.96 bits per heavy atom. The first-order valence-electron chi connectivity index (χ1n) is 19.4. The molecule has 52 heavy (non-hydrogen) atoms. The SMILES string of the molecule is CC/C=C\C/C=C\C/C=C\CCCCCC(=O)OC(COCCCCCCCC/C=C\CCCC)COC1OC(CO)C(O)C(OS(=O)(=O)O)C1O. The molecule has 1 fully saturated rings. The second kappa shape index (κ2) is 31.4. The van der Waals surface area contributed by atoms with Crippen LogP contribution in [0.2, 0.25) is 0 Å². The Hall–Kier alpha value is -1.94. The summed E-state index contributed by atoms with van der Waals surface area (Å²) in [7, 11) is -5.06. The van der Waals surface area contributed by atoms with Gasteiger partial charge in [0.2, 0.25) is 0 Å². The molecule has 0 spiro atoms. The van der Waals surface area contributed by atoms with E-state index in [4.69, 9.17) is 23.5 Å². The first-order chi connectivity index (χ1) is 25.1. The Balaban J connectivity index is 2.54. The molecular weight excluding hydrogens is 692 g/mol. The van der Waals surface area contributed by atoms with E-state index in [2.05, 4.69) is 66.6 Å². The molecule has 0 aromatic heterocycles. The summed E-state index contributed by atoms with van der Waals surface area (Å²) in [6, 6.07) is 0. The van der Waals surface area contributed by atoms with Crippen LogP contribution in [0.5, 0.6) is 0 Å². The number of carbonyl (C=O) groups is 1. The van der Waals surface area contributed by atoms with Crippen LogP contribution in [0.4, 0.5) is 0 Å². The molecule has 0 aliphatic carbocycles. The highest BCUT2D eigenvalue weighted by Crippen LogP contribution is 2.26. The third-order valence-electron chi connectivity index (χ3n) is 8.43. The maximum Gasteiger partial charge on any atom is 0.397 e. The normalized spacial score (nSPS) is 22.0. The molecule has 1 aliphatic heterocycles. The molecule has 1 saturated heterocycles. The molecule has 6 unspecified atom stereocenters. The zero-order chi connectivity index (χ0) is 38.3. The quantitative estimate of drug-likeness (QED) is 0.0243. The summed E-state index contributed by atoms with van der Waals surface area (Å²) in [6.45, 7) is 3.75. The smallest absolute Gasteiger partial charge is 0.397 e. The van der Waals surface area contributed by atoms with Gasteiger partial charge >= 0.3 is 16.4 Å². The Labute approximate surface area is 313 Å². The number of allylic oxidation sites excluding steroid dienone is 8. The minimum Gasteiger partial charge on any atom is -0.457 e. The fourth-order valence-electron chi connectivity index (χ4n) is 5.49. The van der Waals surface area contributed by atoms with E-state index in [-0.39, 0.29) is 19.6 Å². The Kier molecular flexibility index (Phi) is 29.0. The van der Waals surface area contributed by atoms with E-state index in [0.29, 0.717) is 13.0 Å². The molecule has 0 saturated carbocycles. The first-order valence-corrected chi connectivity index (χ1v) is 20.8. The Morgan fingerprint density at radius 2 is 1.33 bits per heavy atom. The van der Waals surface area contributed by atoms with Gasteiger partial charge in [0, 0.05) is 13.0 Å². The van der Waals surface area contributed by atoms with Crippen LogP contribution in [0, 0.1) is 0 Å². The molecule has 6 atom stereocenters. The zero-order valence-electron chi connectivity index (χ0n) is 31.6. The lowest BCUT2D eigenvalue weighted by Crippen LogP contribution is -2.60. The van der Waals surface area contributed by atoms with E-state index in [1.807, 2.05) is 0 Å². The van der Waals surface area contributed by atoms with Crippen LogP contribution in [0.15, 0.2) is 48.6 Å². The van der Waals surface area contributed by atoms with Crippen molar-refractivity contribution in [1.82, 2.24) is 0 Å². The van der Waals surface area contributed by atoms with E-state index in [1.165, 1.54) is 25.7 Å². The summed E-state index contributed by atoms with van der Waals surface area (Å²) < 4.78 is 58.7. The van der Waals surface area contributed by atoms with E-state index in [0.717, 1.165) is 77.0 Å². The number of carbonyl (C=O) groups excluding carboxylic acids is 1. The Morgan fingerprint density at radius 1 is 0.750 bits per heavy atom. The van der Waals surface area contributed by atoms with Gasteiger partial charge in [-0.15, -0.1) is 0 Å². The van der Waals surface area contributed by atoms with E-state index < -0.39 is 59.8 Å². The number of unbranched alkanes of at least 4 members (excludes halogenated alkanes) is 11. The van der Waals surface area contributed by atoms with E-state index >= 15 is 0 Å². The van der Waals surface area contributed by atoms with Crippen LogP contribution in [-0.2, 0) is 38.3 Å². The van der Waals surface area contributed by atoms with Gasteiger partial charge in [-0.1, -0.05) is 107 Å². The molecule has 4 N–H and O–H groups in total. The molecule has 13 heteroatoms. The van der Waals surface area contributed by atoms with Crippen molar-refractivity contribution in [2.24, 2.45) is 0 Å². The third-order valence-corrected chi connectivity index (χ3v) is 8.90. The third kappa shape index (κ3) is 25.1. The van der Waals surface area contributed by atoms with Crippen LogP contribution in [0.3, 0.4) is 0 Å². The van der Waals surface area contributed by atoms with E-state index in [1.54, 1.807) is 0 Å². The monoisotopic (exact) mass is 760 g/mol. The van der Waals surface area contributed by atoms with Crippen LogP contribution in [0.1, 0.15) is 129 Å². The molecule has 302 valence electrons. The highest BCUT2D eigenvalue weighted by atomic mass is 32.3. The van der Waals surface area contributed by atoms with Crippen LogP contribution in [0.25, 0.3) is 0 Å². The van der Waals surface area contributed by atoms with Crippen molar-refractivity contribution in [3.63, 3.8) is 0 Å². The topological polar surface area (TPSA) is 178 Å². The van der Waals surface area contributed by atoms with Crippen molar-refractivity contribution >= 4 is 16.4 Å². The second-order valence-corrected chi connectivity index (χ2v) is 14.2. The number of hydrogen-bond acceptors (Lipinski definition) is 11.